The summed E-state index contributed by atoms with van der Waals surface area (Å²) >= 11 is 0. The number of nitrogens with zero attached hydrogens (tertiary/aromatic N) is 2. The van der Waals surface area contributed by atoms with Gasteiger partial charge in [0, 0.05) is 68.1 Å². The number of aromatic nitrogens is 1. The first-order valence-electron chi connectivity index (χ1n) is 27.7. The lowest BCUT2D eigenvalue weighted by Crippen LogP contribution is -2.61. The number of benzene rings is 1. The van der Waals surface area contributed by atoms with Gasteiger partial charge in [0.15, 0.2) is 18.7 Å². The molecule has 0 amide bonds. The van der Waals surface area contributed by atoms with Crippen LogP contribution in [0.2, 0.25) is 0 Å². The van der Waals surface area contributed by atoms with Crippen molar-refractivity contribution >= 4 is 34.6 Å². The summed E-state index contributed by atoms with van der Waals surface area (Å²) in [6, 6.07) is 3.39. The van der Waals surface area contributed by atoms with E-state index >= 15 is 0 Å². The summed E-state index contributed by atoms with van der Waals surface area (Å²) in [5.41, 5.74) is -3.04. The number of Topliss-reactive ketones (excluding diaryl/α,β-unsaturated/α-hetero) is 1. The number of methoxy groups -OCH3 is 2. The molecule has 3 saturated heterocycles. The Kier molecular flexibility index (Phi) is 21.0. The third-order valence-electron chi connectivity index (χ3n) is 17.2. The molecule has 6 rings (SSSR count). The standard InChI is InChI=1S/C57H89N3O18/c1-16-41-57(11,69)49(65)31(4)45(62)29(2)25-55(9,70-14)50(78-54-47(64)40(59(12)13)22-30(3)73-54)32(5)48(33(6)53(68)75-41)77-43-26-56(10,71-15)51(34(7)74-43)76-42(61)19-21-58-20-17-18-36-23-37-28-72-35(8)60-27-39(52(66)67)46(63)38(24-36)44(37)60/h23-24,27,29-35,40-41,43,47-51,54,58,64-65,69H,16-22,25-26,28H2,1-15H3,(H,66,67)/t29-,30-,31+,32+,33-,34+,35?,40+,41-,43+,47-,48+,49-,50-,51+,54+,55-,56-,57-/m1/s1. The Bertz CT molecular complexity index is 2490. The molecule has 78 heavy (non-hydrogen) atoms. The lowest BCUT2D eigenvalue weighted by atomic mass is 9.74. The van der Waals surface area contributed by atoms with Gasteiger partial charge in [-0.15, -0.1) is 0 Å². The summed E-state index contributed by atoms with van der Waals surface area (Å²) in [5, 5.41) is 48.6. The highest BCUT2D eigenvalue weighted by molar-refractivity contribution is 5.94. The summed E-state index contributed by atoms with van der Waals surface area (Å²) in [5.74, 6) is -6.65. The molecule has 5 heterocycles. The Morgan fingerprint density at radius 2 is 1.56 bits per heavy atom. The van der Waals surface area contributed by atoms with Crippen LogP contribution in [-0.4, -0.2) is 179 Å². The van der Waals surface area contributed by atoms with Crippen molar-refractivity contribution in [1.82, 2.24) is 14.8 Å². The quantitative estimate of drug-likeness (QED) is 0.106. The Morgan fingerprint density at radius 1 is 0.897 bits per heavy atom. The number of aromatic carboxylic acids is 1. The number of carboxylic acids is 1. The number of hydrogen-bond acceptors (Lipinski definition) is 19. The van der Waals surface area contributed by atoms with Crippen LogP contribution < -0.4 is 10.7 Å². The van der Waals surface area contributed by atoms with Crippen LogP contribution in [-0.2, 0) is 70.0 Å². The minimum atomic E-state index is -2.03. The molecule has 0 saturated carbocycles. The summed E-state index contributed by atoms with van der Waals surface area (Å²) in [6.45, 7) is 19.9. The van der Waals surface area contributed by atoms with Crippen molar-refractivity contribution in [3.63, 3.8) is 0 Å². The van der Waals surface area contributed by atoms with Crippen molar-refractivity contribution in [1.29, 1.82) is 0 Å². The molecule has 0 radical (unpaired) electrons. The van der Waals surface area contributed by atoms with Gasteiger partial charge in [0.05, 0.1) is 60.6 Å². The number of carbonyl (C=O) groups excluding carboxylic acids is 3. The van der Waals surface area contributed by atoms with Crippen molar-refractivity contribution < 1.29 is 82.2 Å². The highest BCUT2D eigenvalue weighted by atomic mass is 16.7. The Balaban J connectivity index is 1.19. The molecule has 1 aromatic heterocycles. The summed E-state index contributed by atoms with van der Waals surface area (Å²) in [7, 11) is 6.72. The second-order valence-corrected chi connectivity index (χ2v) is 23.3. The average molecular weight is 1100 g/mol. The molecule has 0 spiro atoms. The van der Waals surface area contributed by atoms with Gasteiger partial charge in [0.25, 0.3) is 0 Å². The summed E-state index contributed by atoms with van der Waals surface area (Å²) in [6.07, 6.45) is -7.48. The highest BCUT2D eigenvalue weighted by Gasteiger charge is 2.55. The van der Waals surface area contributed by atoms with Gasteiger partial charge in [0.2, 0.25) is 5.43 Å². The molecule has 21 nitrogen and oxygen atoms in total. The lowest BCUT2D eigenvalue weighted by Gasteiger charge is -2.50. The molecule has 1 unspecified atom stereocenters. The number of aliphatic hydroxyl groups is 3. The van der Waals surface area contributed by atoms with Crippen LogP contribution in [0.3, 0.4) is 0 Å². The Labute approximate surface area is 458 Å². The van der Waals surface area contributed by atoms with Gasteiger partial charge >= 0.3 is 17.9 Å². The zero-order chi connectivity index (χ0) is 57.9. The van der Waals surface area contributed by atoms with Crippen LogP contribution in [0.25, 0.3) is 10.9 Å². The van der Waals surface area contributed by atoms with Crippen LogP contribution in [0.15, 0.2) is 23.1 Å². The zero-order valence-electron chi connectivity index (χ0n) is 48.4. The molecule has 4 aliphatic rings. The van der Waals surface area contributed by atoms with Crippen molar-refractivity contribution in [3.05, 3.63) is 45.2 Å². The van der Waals surface area contributed by atoms with Crippen LogP contribution in [0, 0.1) is 23.7 Å². The maximum Gasteiger partial charge on any atom is 0.341 e. The molecule has 1 aromatic carbocycles. The largest absolute Gasteiger partial charge is 0.477 e. The van der Waals surface area contributed by atoms with E-state index in [0.29, 0.717) is 49.9 Å². The highest BCUT2D eigenvalue weighted by Crippen LogP contribution is 2.43. The second kappa shape index (κ2) is 25.9. The van der Waals surface area contributed by atoms with Crippen LogP contribution in [0.4, 0.5) is 0 Å². The van der Waals surface area contributed by atoms with Crippen LogP contribution in [0.1, 0.15) is 142 Å². The first-order chi connectivity index (χ1) is 36.5. The average Bonchev–Trinajstić information content (AvgIpc) is 3.49. The molecule has 2 aromatic rings. The van der Waals surface area contributed by atoms with Gasteiger partial charge in [-0.25, -0.2) is 4.79 Å². The van der Waals surface area contributed by atoms with E-state index in [-0.39, 0.29) is 49.2 Å². The van der Waals surface area contributed by atoms with Gasteiger partial charge in [0.1, 0.15) is 41.0 Å². The van der Waals surface area contributed by atoms with Crippen LogP contribution in [0.5, 0.6) is 0 Å². The van der Waals surface area contributed by atoms with Gasteiger partial charge in [-0.3, -0.25) is 19.2 Å². The number of nitrogens with one attached hydrogen (secondary N) is 1. The van der Waals surface area contributed by atoms with E-state index in [9.17, 15) is 44.4 Å². The minimum absolute atomic E-state index is 0.0221. The van der Waals surface area contributed by atoms with E-state index in [1.54, 1.807) is 59.1 Å². The monoisotopic (exact) mass is 1100 g/mol. The molecule has 440 valence electrons. The first kappa shape index (κ1) is 63.2. The summed E-state index contributed by atoms with van der Waals surface area (Å²) in [4.78, 5) is 69.4. The molecule has 5 N–H and O–H groups in total. The number of hydrogen-bond donors (Lipinski definition) is 5. The number of aryl methyl sites for hydroxylation is 1. The maximum atomic E-state index is 14.6. The number of carboxylic acid groups (broad SMARTS) is 1. The second-order valence-electron chi connectivity index (χ2n) is 23.3. The van der Waals surface area contributed by atoms with E-state index in [2.05, 4.69) is 5.32 Å². The van der Waals surface area contributed by atoms with E-state index in [1.165, 1.54) is 34.3 Å². The number of rotatable bonds is 17. The Morgan fingerprint density at radius 3 is 2.19 bits per heavy atom. The number of ketones is 1. The van der Waals surface area contributed by atoms with Gasteiger partial charge < -0.3 is 77.8 Å². The van der Waals surface area contributed by atoms with Crippen molar-refractivity contribution in [2.75, 3.05) is 41.4 Å². The van der Waals surface area contributed by atoms with Crippen molar-refractivity contribution in [3.8, 4) is 0 Å². The van der Waals surface area contributed by atoms with E-state index in [0.717, 1.165) is 11.1 Å². The van der Waals surface area contributed by atoms with E-state index in [4.69, 9.17) is 42.6 Å². The molecular weight excluding hydrogens is 1010 g/mol. The number of ether oxygens (including phenoxy) is 9. The molecule has 21 heteroatoms. The molecule has 3 fully saturated rings. The Hall–Kier alpha value is -3.97. The fourth-order valence-corrected chi connectivity index (χ4v) is 12.4. The normalized spacial score (nSPS) is 38.2. The molecule has 0 bridgehead atoms. The number of likely N-dealkylation sites (N-methyl/N-ethyl adjacent to an activating group) is 1. The SMILES string of the molecule is CC[C@H]1OC(=O)[C@H](C)[C@@H](O[C@H]2C[C@@](C)(OC)[C@@H](OC(=O)CCNCCCc3cc4c5c(c3)c(=O)c(C(=O)O)cn5C(C)OC4)[C@H](C)O2)[C@H](C)[C@@H](O[C@@H]2O[C@H](C)C[C@H](N(C)C)[C@H]2O)[C@](C)(OC)C[C@@H](C)C(=O)[C@H](C)[C@@H](O)[C@]1(C)O. The topological polar surface area (TPSA) is 270 Å². The number of carbonyl (C=O) groups is 4. The first-order valence-corrected chi connectivity index (χ1v) is 27.7. The van der Waals surface area contributed by atoms with E-state index < -0.39 is 125 Å². The van der Waals surface area contributed by atoms with Gasteiger partial charge in [-0.05, 0) is 113 Å². The fourth-order valence-electron chi connectivity index (χ4n) is 12.4. The number of cyclic esters (lactones) is 1. The van der Waals surface area contributed by atoms with E-state index in [1.807, 2.05) is 38.9 Å². The maximum absolute atomic E-state index is 14.6. The van der Waals surface area contributed by atoms with Gasteiger partial charge in [-0.1, -0.05) is 33.8 Å². The van der Waals surface area contributed by atoms with Crippen molar-refractivity contribution in [2.24, 2.45) is 23.7 Å². The van der Waals surface area contributed by atoms with Crippen molar-refractivity contribution in [2.45, 2.75) is 218 Å². The predicted octanol–water partition coefficient (Wildman–Crippen LogP) is 4.66. The zero-order valence-corrected chi connectivity index (χ0v) is 48.4. The molecular formula is C57H89N3O18. The lowest BCUT2D eigenvalue weighted by molar-refractivity contribution is -0.320. The summed E-state index contributed by atoms with van der Waals surface area (Å²) < 4.78 is 58.9. The smallest absolute Gasteiger partial charge is 0.341 e. The van der Waals surface area contributed by atoms with Crippen LogP contribution >= 0.6 is 0 Å². The molecule has 0 aliphatic carbocycles. The molecule has 4 aliphatic heterocycles. The third kappa shape index (κ3) is 13.5. The third-order valence-corrected chi connectivity index (χ3v) is 17.2. The number of esters is 2. The fraction of sp³-hybridized carbons (Fsp3) is 0.772. The minimum Gasteiger partial charge on any atom is -0.477 e. The number of pyridine rings is 1. The van der Waals surface area contributed by atoms with Gasteiger partial charge in [-0.2, -0.15) is 0 Å². The number of aliphatic hydroxyl groups excluding tert-OH is 2. The predicted molar refractivity (Wildman–Crippen MR) is 285 cm³/mol. The molecule has 19 atom stereocenters.